The highest BCUT2D eigenvalue weighted by atomic mass is 35.5. The Kier molecular flexibility index (Phi) is 8.02. The highest BCUT2D eigenvalue weighted by Gasteiger charge is 2.26. The number of amides is 2. The first-order chi connectivity index (χ1) is 12.0. The van der Waals surface area contributed by atoms with Gasteiger partial charge in [0.25, 0.3) is 5.91 Å². The van der Waals surface area contributed by atoms with Crippen LogP contribution in [0.4, 0.5) is 0 Å². The minimum atomic E-state index is -0.326. The second kappa shape index (κ2) is 9.79. The molecule has 1 aliphatic heterocycles. The lowest BCUT2D eigenvalue weighted by Gasteiger charge is -2.32. The third kappa shape index (κ3) is 6.02. The van der Waals surface area contributed by atoms with Crippen LogP contribution in [0.3, 0.4) is 0 Å². The van der Waals surface area contributed by atoms with Crippen LogP contribution >= 0.6 is 35.6 Å². The summed E-state index contributed by atoms with van der Waals surface area (Å²) >= 11 is 11.8. The molecule has 1 aromatic carbocycles. The van der Waals surface area contributed by atoms with Gasteiger partial charge in [0.2, 0.25) is 5.91 Å². The molecule has 1 saturated heterocycles. The van der Waals surface area contributed by atoms with E-state index in [1.165, 1.54) is 18.9 Å². The highest BCUT2D eigenvalue weighted by Crippen LogP contribution is 2.28. The number of halogens is 3. The summed E-state index contributed by atoms with van der Waals surface area (Å²) in [6, 6.07) is 5.17. The molecule has 0 atom stereocenters. The number of carbonyl (C=O) groups excluding carboxylic acids is 2. The van der Waals surface area contributed by atoms with Crippen molar-refractivity contribution in [1.29, 1.82) is 0 Å². The van der Waals surface area contributed by atoms with E-state index in [9.17, 15) is 9.59 Å². The van der Waals surface area contributed by atoms with Gasteiger partial charge in [-0.15, -0.1) is 12.4 Å². The zero-order valence-corrected chi connectivity index (χ0v) is 16.8. The Labute approximate surface area is 170 Å². The largest absolute Gasteiger partial charge is 0.343 e. The van der Waals surface area contributed by atoms with Gasteiger partial charge in [-0.1, -0.05) is 23.2 Å². The molecule has 2 N–H and O–H groups in total. The smallest absolute Gasteiger partial charge is 0.251 e. The first-order valence-corrected chi connectivity index (χ1v) is 9.53. The standard InChI is InChI=1S/C18H23Cl2N3O2.ClH/c19-15-4-3-13(9-16(15)20)18(25)22-11-17(24)23-7-5-14(6-8-23)21-10-12-1-2-12;/h3-4,9,12,14,21H,1-2,5-8,10-11H2,(H,22,25);1H. The van der Waals surface area contributed by atoms with E-state index in [0.29, 0.717) is 21.7 Å². The van der Waals surface area contributed by atoms with Crippen LogP contribution in [0.25, 0.3) is 0 Å². The van der Waals surface area contributed by atoms with Gasteiger partial charge in [0.1, 0.15) is 0 Å². The van der Waals surface area contributed by atoms with Crippen molar-refractivity contribution in [1.82, 2.24) is 15.5 Å². The molecule has 1 heterocycles. The molecule has 2 aliphatic rings. The summed E-state index contributed by atoms with van der Waals surface area (Å²) in [6.45, 7) is 2.59. The van der Waals surface area contributed by atoms with Gasteiger partial charge in [-0.25, -0.2) is 0 Å². The summed E-state index contributed by atoms with van der Waals surface area (Å²) in [4.78, 5) is 26.2. The van der Waals surface area contributed by atoms with Crippen molar-refractivity contribution in [2.45, 2.75) is 31.7 Å². The quantitative estimate of drug-likeness (QED) is 0.743. The van der Waals surface area contributed by atoms with Gasteiger partial charge in [0.05, 0.1) is 16.6 Å². The summed E-state index contributed by atoms with van der Waals surface area (Å²) < 4.78 is 0. The van der Waals surface area contributed by atoms with Gasteiger partial charge >= 0.3 is 0 Å². The van der Waals surface area contributed by atoms with Gasteiger partial charge in [0.15, 0.2) is 0 Å². The molecule has 1 saturated carbocycles. The predicted octanol–water partition coefficient (Wildman–Crippen LogP) is 3.14. The molecular formula is C18H24Cl3N3O2. The van der Waals surface area contributed by atoms with E-state index in [1.807, 2.05) is 4.90 Å². The first kappa shape index (κ1) is 21.3. The van der Waals surface area contributed by atoms with E-state index in [1.54, 1.807) is 12.1 Å². The maximum atomic E-state index is 12.3. The molecule has 144 valence electrons. The number of likely N-dealkylation sites (tertiary alicyclic amines) is 1. The Balaban J connectivity index is 0.00000243. The topological polar surface area (TPSA) is 61.4 Å². The molecule has 3 rings (SSSR count). The number of benzene rings is 1. The van der Waals surface area contributed by atoms with Crippen LogP contribution in [0, 0.1) is 5.92 Å². The molecule has 0 aromatic heterocycles. The minimum Gasteiger partial charge on any atom is -0.343 e. The van der Waals surface area contributed by atoms with E-state index in [-0.39, 0.29) is 30.8 Å². The molecule has 1 aliphatic carbocycles. The van der Waals surface area contributed by atoms with Crippen LogP contribution in [-0.4, -0.2) is 48.9 Å². The van der Waals surface area contributed by atoms with Crippen molar-refractivity contribution < 1.29 is 9.59 Å². The van der Waals surface area contributed by atoms with Gasteiger partial charge in [0, 0.05) is 24.7 Å². The summed E-state index contributed by atoms with van der Waals surface area (Å²) in [5, 5.41) is 6.96. The van der Waals surface area contributed by atoms with Crippen molar-refractivity contribution in [3.05, 3.63) is 33.8 Å². The fourth-order valence-electron chi connectivity index (χ4n) is 3.00. The molecule has 2 amide bonds. The molecule has 0 unspecified atom stereocenters. The fourth-order valence-corrected chi connectivity index (χ4v) is 3.29. The molecule has 0 bridgehead atoms. The zero-order chi connectivity index (χ0) is 17.8. The fraction of sp³-hybridized carbons (Fsp3) is 0.556. The Morgan fingerprint density at radius 1 is 1.08 bits per heavy atom. The second-order valence-electron chi connectivity index (χ2n) is 6.82. The highest BCUT2D eigenvalue weighted by molar-refractivity contribution is 6.42. The van der Waals surface area contributed by atoms with Crippen LogP contribution in [-0.2, 0) is 4.79 Å². The zero-order valence-electron chi connectivity index (χ0n) is 14.5. The Hall–Kier alpha value is -1.01. The van der Waals surface area contributed by atoms with Gasteiger partial charge in [-0.3, -0.25) is 9.59 Å². The van der Waals surface area contributed by atoms with Crippen LogP contribution < -0.4 is 10.6 Å². The third-order valence-electron chi connectivity index (χ3n) is 4.82. The van der Waals surface area contributed by atoms with Gasteiger partial charge in [-0.2, -0.15) is 0 Å². The number of hydrogen-bond donors (Lipinski definition) is 2. The van der Waals surface area contributed by atoms with E-state index in [4.69, 9.17) is 23.2 Å². The van der Waals surface area contributed by atoms with E-state index < -0.39 is 0 Å². The maximum absolute atomic E-state index is 12.3. The second-order valence-corrected chi connectivity index (χ2v) is 7.63. The van der Waals surface area contributed by atoms with E-state index in [2.05, 4.69) is 10.6 Å². The number of rotatable bonds is 6. The normalized spacial score (nSPS) is 17.5. The Bertz CT molecular complexity index is 645. The first-order valence-electron chi connectivity index (χ1n) is 8.77. The lowest BCUT2D eigenvalue weighted by atomic mass is 10.0. The van der Waals surface area contributed by atoms with Crippen LogP contribution in [0.1, 0.15) is 36.0 Å². The lowest BCUT2D eigenvalue weighted by molar-refractivity contribution is -0.131. The molecular weight excluding hydrogens is 397 g/mol. The summed E-state index contributed by atoms with van der Waals surface area (Å²) in [7, 11) is 0. The van der Waals surface area contributed by atoms with Gasteiger partial charge < -0.3 is 15.5 Å². The number of nitrogens with one attached hydrogen (secondary N) is 2. The van der Waals surface area contributed by atoms with Crippen LogP contribution in [0.15, 0.2) is 18.2 Å². The molecule has 8 heteroatoms. The molecule has 0 spiro atoms. The summed E-state index contributed by atoms with van der Waals surface area (Å²) in [6.07, 6.45) is 4.64. The van der Waals surface area contributed by atoms with Crippen molar-refractivity contribution in [3.8, 4) is 0 Å². The van der Waals surface area contributed by atoms with Crippen LogP contribution in [0.2, 0.25) is 10.0 Å². The maximum Gasteiger partial charge on any atom is 0.251 e. The Morgan fingerprint density at radius 2 is 1.77 bits per heavy atom. The monoisotopic (exact) mass is 419 g/mol. The SMILES string of the molecule is Cl.O=C(NCC(=O)N1CCC(NCC2CC2)CC1)c1ccc(Cl)c(Cl)c1. The van der Waals surface area contributed by atoms with Crippen molar-refractivity contribution in [2.24, 2.45) is 5.92 Å². The van der Waals surface area contributed by atoms with E-state index >= 15 is 0 Å². The average Bonchev–Trinajstić information content (AvgIpc) is 3.45. The molecule has 1 aromatic rings. The molecule has 2 fully saturated rings. The number of nitrogens with zero attached hydrogens (tertiary/aromatic N) is 1. The number of hydrogen-bond acceptors (Lipinski definition) is 3. The van der Waals surface area contributed by atoms with Crippen molar-refractivity contribution in [3.63, 3.8) is 0 Å². The number of piperidine rings is 1. The summed E-state index contributed by atoms with van der Waals surface area (Å²) in [5.41, 5.74) is 0.394. The Morgan fingerprint density at radius 3 is 2.38 bits per heavy atom. The van der Waals surface area contributed by atoms with E-state index in [0.717, 1.165) is 38.4 Å². The van der Waals surface area contributed by atoms with Crippen molar-refractivity contribution in [2.75, 3.05) is 26.2 Å². The summed E-state index contributed by atoms with van der Waals surface area (Å²) in [5.74, 6) is 0.498. The van der Waals surface area contributed by atoms with Crippen molar-refractivity contribution >= 4 is 47.4 Å². The molecule has 26 heavy (non-hydrogen) atoms. The van der Waals surface area contributed by atoms with Gasteiger partial charge in [-0.05, 0) is 56.3 Å². The number of carbonyl (C=O) groups is 2. The minimum absolute atomic E-state index is 0. The lowest BCUT2D eigenvalue weighted by Crippen LogP contribution is -2.48. The third-order valence-corrected chi connectivity index (χ3v) is 5.56. The predicted molar refractivity (Wildman–Crippen MR) is 106 cm³/mol. The molecule has 5 nitrogen and oxygen atoms in total. The van der Waals surface area contributed by atoms with Crippen LogP contribution in [0.5, 0.6) is 0 Å². The molecule has 0 radical (unpaired) electrons. The average molecular weight is 421 g/mol.